The minimum absolute atomic E-state index is 0.0172. The number of fused-ring (bicyclic) bond motifs is 1. The number of benzene rings is 2. The minimum Gasteiger partial charge on any atom is -0.454 e. The summed E-state index contributed by atoms with van der Waals surface area (Å²) in [6, 6.07) is 10.9. The van der Waals surface area contributed by atoms with E-state index in [4.69, 9.17) is 14.6 Å². The highest BCUT2D eigenvalue weighted by molar-refractivity contribution is 7.89. The molecule has 0 saturated heterocycles. The number of sulfonamides is 1. The Kier molecular flexibility index (Phi) is 4.24. The summed E-state index contributed by atoms with van der Waals surface area (Å²) in [5.74, 6) is 0.957. The summed E-state index contributed by atoms with van der Waals surface area (Å²) in [4.78, 5) is 11.9. The number of hydrogen-bond acceptors (Lipinski definition) is 5. The lowest BCUT2D eigenvalue weighted by Gasteiger charge is -2.03. The van der Waals surface area contributed by atoms with Crippen molar-refractivity contribution in [2.24, 2.45) is 5.14 Å². The summed E-state index contributed by atoms with van der Waals surface area (Å²) in [6.45, 7) is 0.192. The van der Waals surface area contributed by atoms with Gasteiger partial charge in [-0.3, -0.25) is 4.79 Å². The molecule has 1 aliphatic heterocycles. The van der Waals surface area contributed by atoms with Crippen molar-refractivity contribution < 1.29 is 22.7 Å². The first-order valence-electron chi connectivity index (χ1n) is 6.93. The van der Waals surface area contributed by atoms with Gasteiger partial charge in [0.15, 0.2) is 11.5 Å². The summed E-state index contributed by atoms with van der Waals surface area (Å²) in [5.41, 5.74) is 1.25. The normalized spacial score (nSPS) is 13.2. The van der Waals surface area contributed by atoms with E-state index in [-0.39, 0.29) is 17.6 Å². The van der Waals surface area contributed by atoms with Crippen LogP contribution in [-0.4, -0.2) is 21.1 Å². The van der Waals surface area contributed by atoms with Gasteiger partial charge in [-0.25, -0.2) is 13.6 Å². The van der Waals surface area contributed by atoms with Gasteiger partial charge in [0.2, 0.25) is 22.7 Å². The smallest absolute Gasteiger partial charge is 0.248 e. The second-order valence-electron chi connectivity index (χ2n) is 5.00. The average molecular weight is 346 g/mol. The fraction of sp³-hybridized carbons (Fsp3) is 0.0625. The Morgan fingerprint density at radius 2 is 1.79 bits per heavy atom. The monoisotopic (exact) mass is 346 g/mol. The maximum Gasteiger partial charge on any atom is 0.248 e. The van der Waals surface area contributed by atoms with E-state index in [1.807, 2.05) is 0 Å². The van der Waals surface area contributed by atoms with Gasteiger partial charge >= 0.3 is 0 Å². The third-order valence-corrected chi connectivity index (χ3v) is 4.20. The summed E-state index contributed by atoms with van der Waals surface area (Å²) in [6.07, 6.45) is 3.00. The van der Waals surface area contributed by atoms with Gasteiger partial charge in [-0.05, 0) is 48.0 Å². The molecule has 0 atom stereocenters. The minimum atomic E-state index is -3.75. The molecule has 0 unspecified atom stereocenters. The van der Waals surface area contributed by atoms with Crippen molar-refractivity contribution in [1.82, 2.24) is 0 Å². The molecule has 0 radical (unpaired) electrons. The quantitative estimate of drug-likeness (QED) is 0.820. The van der Waals surface area contributed by atoms with Crippen molar-refractivity contribution in [3.05, 3.63) is 54.1 Å². The molecule has 0 saturated carbocycles. The van der Waals surface area contributed by atoms with E-state index in [1.54, 1.807) is 24.3 Å². The van der Waals surface area contributed by atoms with Crippen molar-refractivity contribution in [1.29, 1.82) is 0 Å². The molecule has 124 valence electrons. The van der Waals surface area contributed by atoms with Crippen molar-refractivity contribution in [2.75, 3.05) is 12.1 Å². The number of carbonyl (C=O) groups is 1. The van der Waals surface area contributed by atoms with Gasteiger partial charge in [-0.2, -0.15) is 0 Å². The lowest BCUT2D eigenvalue weighted by Crippen LogP contribution is -2.12. The fourth-order valence-corrected chi connectivity index (χ4v) is 2.62. The number of carbonyl (C=O) groups excluding carboxylic acids is 1. The SMILES string of the molecule is NS(=O)(=O)c1ccc(NC(=O)/C=C/c2ccc3c(c2)OCO3)cc1. The molecular formula is C16H14N2O5S. The molecule has 3 rings (SSSR count). The number of ether oxygens (including phenoxy) is 2. The molecule has 0 aromatic heterocycles. The largest absolute Gasteiger partial charge is 0.454 e. The Labute approximate surface area is 138 Å². The Balaban J connectivity index is 1.65. The highest BCUT2D eigenvalue weighted by Crippen LogP contribution is 2.32. The van der Waals surface area contributed by atoms with Crippen LogP contribution in [0.15, 0.2) is 53.4 Å². The lowest BCUT2D eigenvalue weighted by atomic mass is 10.2. The molecule has 0 bridgehead atoms. The third-order valence-electron chi connectivity index (χ3n) is 3.27. The number of anilines is 1. The standard InChI is InChI=1S/C16H14N2O5S/c17-24(20,21)13-5-3-12(4-6-13)18-16(19)8-2-11-1-7-14-15(9-11)23-10-22-14/h1-9H,10H2,(H,18,19)(H2,17,20,21)/b8-2+. The average Bonchev–Trinajstić information content (AvgIpc) is 3.00. The number of hydrogen-bond donors (Lipinski definition) is 2. The number of nitrogens with one attached hydrogen (secondary N) is 1. The molecule has 24 heavy (non-hydrogen) atoms. The topological polar surface area (TPSA) is 108 Å². The molecule has 2 aromatic rings. The molecule has 8 heteroatoms. The molecule has 0 fully saturated rings. The number of nitrogens with two attached hydrogens (primary N) is 1. The Morgan fingerprint density at radius 3 is 2.50 bits per heavy atom. The third kappa shape index (κ3) is 3.73. The first-order valence-corrected chi connectivity index (χ1v) is 8.48. The van der Waals surface area contributed by atoms with Gasteiger partial charge in [-0.1, -0.05) is 6.07 Å². The van der Waals surface area contributed by atoms with E-state index >= 15 is 0 Å². The van der Waals surface area contributed by atoms with Crippen LogP contribution in [0.2, 0.25) is 0 Å². The van der Waals surface area contributed by atoms with Gasteiger partial charge in [0, 0.05) is 11.8 Å². The highest BCUT2D eigenvalue weighted by Gasteiger charge is 2.12. The van der Waals surface area contributed by atoms with E-state index < -0.39 is 10.0 Å². The van der Waals surface area contributed by atoms with E-state index in [1.165, 1.54) is 30.3 Å². The van der Waals surface area contributed by atoms with Crippen molar-refractivity contribution in [3.8, 4) is 11.5 Å². The van der Waals surface area contributed by atoms with Crippen LogP contribution in [0.25, 0.3) is 6.08 Å². The van der Waals surface area contributed by atoms with E-state index in [0.29, 0.717) is 17.2 Å². The summed E-state index contributed by atoms with van der Waals surface area (Å²) < 4.78 is 32.8. The second-order valence-corrected chi connectivity index (χ2v) is 6.57. The summed E-state index contributed by atoms with van der Waals surface area (Å²) in [5, 5.41) is 7.64. The summed E-state index contributed by atoms with van der Waals surface area (Å²) in [7, 11) is -3.75. The van der Waals surface area contributed by atoms with E-state index in [0.717, 1.165) is 5.56 Å². The molecule has 1 aliphatic rings. The maximum atomic E-state index is 11.9. The first kappa shape index (κ1) is 16.0. The van der Waals surface area contributed by atoms with Crippen molar-refractivity contribution in [2.45, 2.75) is 4.90 Å². The fourth-order valence-electron chi connectivity index (χ4n) is 2.10. The van der Waals surface area contributed by atoms with Crippen molar-refractivity contribution in [3.63, 3.8) is 0 Å². The molecular weight excluding hydrogens is 332 g/mol. The van der Waals surface area contributed by atoms with Gasteiger partial charge in [0.1, 0.15) is 0 Å². The molecule has 1 amide bonds. The Hall–Kier alpha value is -2.84. The molecule has 7 nitrogen and oxygen atoms in total. The molecule has 0 spiro atoms. The van der Waals surface area contributed by atoms with Crippen LogP contribution in [0.5, 0.6) is 11.5 Å². The van der Waals surface area contributed by atoms with Crippen LogP contribution in [0, 0.1) is 0 Å². The van der Waals surface area contributed by atoms with Gasteiger partial charge in [0.05, 0.1) is 4.90 Å². The summed E-state index contributed by atoms with van der Waals surface area (Å²) >= 11 is 0. The number of rotatable bonds is 4. The maximum absolute atomic E-state index is 11.9. The van der Waals surface area contributed by atoms with Gasteiger partial charge in [-0.15, -0.1) is 0 Å². The Bertz CT molecular complexity index is 905. The zero-order valence-corrected chi connectivity index (χ0v) is 13.2. The number of amides is 1. The predicted molar refractivity (Wildman–Crippen MR) is 88.0 cm³/mol. The molecule has 0 aliphatic carbocycles. The van der Waals surface area contributed by atoms with E-state index in [9.17, 15) is 13.2 Å². The van der Waals surface area contributed by atoms with Gasteiger partial charge < -0.3 is 14.8 Å². The number of primary sulfonamides is 1. The van der Waals surface area contributed by atoms with Crippen LogP contribution in [0.1, 0.15) is 5.56 Å². The molecule has 3 N–H and O–H groups in total. The highest BCUT2D eigenvalue weighted by atomic mass is 32.2. The first-order chi connectivity index (χ1) is 11.4. The zero-order valence-electron chi connectivity index (χ0n) is 12.4. The van der Waals surface area contributed by atoms with Crippen LogP contribution >= 0.6 is 0 Å². The van der Waals surface area contributed by atoms with Gasteiger partial charge in [0.25, 0.3) is 0 Å². The predicted octanol–water partition coefficient (Wildman–Crippen LogP) is 1.71. The molecule has 2 aromatic carbocycles. The lowest BCUT2D eigenvalue weighted by molar-refractivity contribution is -0.111. The Morgan fingerprint density at radius 1 is 1.08 bits per heavy atom. The van der Waals surface area contributed by atoms with E-state index in [2.05, 4.69) is 5.32 Å². The van der Waals surface area contributed by atoms with Crippen LogP contribution in [-0.2, 0) is 14.8 Å². The van der Waals surface area contributed by atoms with Crippen LogP contribution in [0.4, 0.5) is 5.69 Å². The second kappa shape index (κ2) is 6.34. The molecule has 1 heterocycles. The van der Waals surface area contributed by atoms with Crippen molar-refractivity contribution >= 4 is 27.7 Å². The zero-order chi connectivity index (χ0) is 17.2. The van der Waals surface area contributed by atoms with Crippen LogP contribution in [0.3, 0.4) is 0 Å². The van der Waals surface area contributed by atoms with Crippen LogP contribution < -0.4 is 19.9 Å².